The number of aromatic nitrogens is 3. The summed E-state index contributed by atoms with van der Waals surface area (Å²) < 4.78 is 2.00. The molecule has 0 saturated heterocycles. The Morgan fingerprint density at radius 1 is 1.38 bits per heavy atom. The van der Waals surface area contributed by atoms with Gasteiger partial charge in [0.2, 0.25) is 0 Å². The van der Waals surface area contributed by atoms with Crippen molar-refractivity contribution in [2.45, 2.75) is 19.8 Å². The largest absolute Gasteiger partial charge is 0.302 e. The third-order valence-electron chi connectivity index (χ3n) is 2.33. The first-order valence-electron chi connectivity index (χ1n) is 5.24. The predicted molar refractivity (Wildman–Crippen MR) is 60.1 cm³/mol. The van der Waals surface area contributed by atoms with Crippen molar-refractivity contribution in [1.82, 2.24) is 14.5 Å². The Morgan fingerprint density at radius 2 is 2.25 bits per heavy atom. The van der Waals surface area contributed by atoms with Gasteiger partial charge in [-0.15, -0.1) is 0 Å². The molecule has 0 saturated carbocycles. The van der Waals surface area contributed by atoms with Gasteiger partial charge in [-0.05, 0) is 18.6 Å². The monoisotopic (exact) mass is 212 g/mol. The maximum atomic E-state index is 8.67. The first kappa shape index (κ1) is 10.4. The number of pyridine rings is 1. The fraction of sp³-hybridized carbons (Fsp3) is 0.250. The summed E-state index contributed by atoms with van der Waals surface area (Å²) in [5.41, 5.74) is 1.38. The van der Waals surface area contributed by atoms with Crippen LogP contribution in [0.5, 0.6) is 0 Å². The molecule has 80 valence electrons. The summed E-state index contributed by atoms with van der Waals surface area (Å²) in [5.74, 6) is 1.02. The molecule has 2 rings (SSSR count). The molecular formula is C12H12N4. The normalized spacial score (nSPS) is 10.0. The van der Waals surface area contributed by atoms with Crippen molar-refractivity contribution >= 4 is 0 Å². The van der Waals surface area contributed by atoms with E-state index in [2.05, 4.69) is 16.9 Å². The van der Waals surface area contributed by atoms with Gasteiger partial charge in [-0.25, -0.2) is 9.97 Å². The van der Waals surface area contributed by atoms with Crippen LogP contribution < -0.4 is 0 Å². The molecule has 2 heterocycles. The number of rotatable bonds is 3. The summed E-state index contributed by atoms with van der Waals surface area (Å²) in [4.78, 5) is 8.34. The SMILES string of the molecule is CCCc1nccn1-c1ccc(C#N)nc1. The Bertz CT molecular complexity index is 505. The van der Waals surface area contributed by atoms with Gasteiger partial charge >= 0.3 is 0 Å². The Kier molecular flexibility index (Phi) is 2.97. The molecule has 16 heavy (non-hydrogen) atoms. The predicted octanol–water partition coefficient (Wildman–Crippen LogP) is 2.09. The quantitative estimate of drug-likeness (QED) is 0.782. The molecule has 0 aliphatic carbocycles. The standard InChI is InChI=1S/C12H12N4/c1-2-3-12-14-6-7-16(12)11-5-4-10(8-13)15-9-11/h4-7,9H,2-3H2,1H3. The van der Waals surface area contributed by atoms with Crippen LogP contribution in [0.1, 0.15) is 24.9 Å². The number of nitrogens with zero attached hydrogens (tertiary/aromatic N) is 4. The second kappa shape index (κ2) is 4.58. The van der Waals surface area contributed by atoms with Crippen molar-refractivity contribution in [3.05, 3.63) is 42.2 Å². The van der Waals surface area contributed by atoms with E-state index < -0.39 is 0 Å². The van der Waals surface area contributed by atoms with Gasteiger partial charge in [-0.3, -0.25) is 0 Å². The summed E-state index contributed by atoms with van der Waals surface area (Å²) in [6.07, 6.45) is 7.38. The first-order chi connectivity index (χ1) is 7.85. The molecule has 4 heteroatoms. The number of nitriles is 1. The summed E-state index contributed by atoms with van der Waals surface area (Å²) in [6, 6.07) is 5.60. The lowest BCUT2D eigenvalue weighted by molar-refractivity contribution is 0.807. The lowest BCUT2D eigenvalue weighted by atomic mass is 10.3. The summed E-state index contributed by atoms with van der Waals surface area (Å²) >= 11 is 0. The average molecular weight is 212 g/mol. The molecule has 0 N–H and O–H groups in total. The van der Waals surface area contributed by atoms with E-state index in [1.165, 1.54) is 0 Å². The van der Waals surface area contributed by atoms with E-state index in [9.17, 15) is 0 Å². The van der Waals surface area contributed by atoms with Crippen molar-refractivity contribution < 1.29 is 0 Å². The van der Waals surface area contributed by atoms with Crippen molar-refractivity contribution in [3.8, 4) is 11.8 Å². The smallest absolute Gasteiger partial charge is 0.140 e. The topological polar surface area (TPSA) is 54.5 Å². The highest BCUT2D eigenvalue weighted by atomic mass is 15.1. The molecule has 0 fully saturated rings. The number of aryl methyl sites for hydroxylation is 1. The molecule has 2 aromatic heterocycles. The Hall–Kier alpha value is -2.15. The van der Waals surface area contributed by atoms with Crippen LogP contribution in [0.2, 0.25) is 0 Å². The van der Waals surface area contributed by atoms with Gasteiger partial charge in [0.1, 0.15) is 17.6 Å². The Labute approximate surface area is 94.2 Å². The highest BCUT2D eigenvalue weighted by Crippen LogP contribution is 2.11. The number of hydrogen-bond acceptors (Lipinski definition) is 3. The molecule has 0 bridgehead atoms. The molecule has 0 unspecified atom stereocenters. The van der Waals surface area contributed by atoms with Crippen LogP contribution in [0.3, 0.4) is 0 Å². The lowest BCUT2D eigenvalue weighted by Crippen LogP contribution is -2.00. The van der Waals surface area contributed by atoms with Crippen molar-refractivity contribution in [2.75, 3.05) is 0 Å². The van der Waals surface area contributed by atoms with E-state index in [4.69, 9.17) is 5.26 Å². The highest BCUT2D eigenvalue weighted by molar-refractivity contribution is 5.34. The van der Waals surface area contributed by atoms with Crippen molar-refractivity contribution in [2.24, 2.45) is 0 Å². The minimum absolute atomic E-state index is 0.431. The van der Waals surface area contributed by atoms with Crippen LogP contribution in [-0.2, 0) is 6.42 Å². The third-order valence-corrected chi connectivity index (χ3v) is 2.33. The van der Waals surface area contributed by atoms with Crippen molar-refractivity contribution in [1.29, 1.82) is 5.26 Å². The van der Waals surface area contributed by atoms with Crippen molar-refractivity contribution in [3.63, 3.8) is 0 Å². The maximum Gasteiger partial charge on any atom is 0.140 e. The second-order valence-corrected chi connectivity index (χ2v) is 3.48. The molecule has 0 radical (unpaired) electrons. The van der Waals surface area contributed by atoms with Gasteiger partial charge < -0.3 is 4.57 Å². The zero-order valence-corrected chi connectivity index (χ0v) is 9.09. The molecular weight excluding hydrogens is 200 g/mol. The van der Waals surface area contributed by atoms with E-state index in [0.29, 0.717) is 5.69 Å². The minimum Gasteiger partial charge on any atom is -0.302 e. The molecule has 0 aromatic carbocycles. The van der Waals surface area contributed by atoms with E-state index in [-0.39, 0.29) is 0 Å². The molecule has 0 spiro atoms. The van der Waals surface area contributed by atoms with Gasteiger partial charge in [-0.1, -0.05) is 6.92 Å². The molecule has 0 aliphatic rings. The maximum absolute atomic E-state index is 8.67. The third kappa shape index (κ3) is 1.94. The van der Waals surface area contributed by atoms with Gasteiger partial charge in [0.15, 0.2) is 0 Å². The molecule has 0 aliphatic heterocycles. The fourth-order valence-corrected chi connectivity index (χ4v) is 1.57. The highest BCUT2D eigenvalue weighted by Gasteiger charge is 2.04. The molecule has 2 aromatic rings. The fourth-order valence-electron chi connectivity index (χ4n) is 1.57. The zero-order chi connectivity index (χ0) is 11.4. The average Bonchev–Trinajstić information content (AvgIpc) is 2.78. The van der Waals surface area contributed by atoms with E-state index in [1.807, 2.05) is 22.9 Å². The zero-order valence-electron chi connectivity index (χ0n) is 9.09. The van der Waals surface area contributed by atoms with Crippen LogP contribution >= 0.6 is 0 Å². The van der Waals surface area contributed by atoms with E-state index in [1.54, 1.807) is 18.5 Å². The van der Waals surface area contributed by atoms with Gasteiger partial charge in [-0.2, -0.15) is 5.26 Å². The van der Waals surface area contributed by atoms with Gasteiger partial charge in [0.25, 0.3) is 0 Å². The summed E-state index contributed by atoms with van der Waals surface area (Å²) in [5, 5.41) is 8.67. The molecule has 0 atom stereocenters. The lowest BCUT2D eigenvalue weighted by Gasteiger charge is -2.06. The van der Waals surface area contributed by atoms with E-state index in [0.717, 1.165) is 24.4 Å². The minimum atomic E-state index is 0.431. The van der Waals surface area contributed by atoms with Crippen LogP contribution in [-0.4, -0.2) is 14.5 Å². The van der Waals surface area contributed by atoms with Gasteiger partial charge in [0, 0.05) is 18.8 Å². The van der Waals surface area contributed by atoms with Crippen LogP contribution in [0.15, 0.2) is 30.7 Å². The number of imidazole rings is 1. The molecule has 4 nitrogen and oxygen atoms in total. The van der Waals surface area contributed by atoms with E-state index >= 15 is 0 Å². The second-order valence-electron chi connectivity index (χ2n) is 3.48. The molecule has 0 amide bonds. The Morgan fingerprint density at radius 3 is 2.88 bits per heavy atom. The van der Waals surface area contributed by atoms with Crippen LogP contribution in [0.4, 0.5) is 0 Å². The Balaban J connectivity index is 2.35. The summed E-state index contributed by atoms with van der Waals surface area (Å²) in [7, 11) is 0. The van der Waals surface area contributed by atoms with Gasteiger partial charge in [0.05, 0.1) is 11.9 Å². The summed E-state index contributed by atoms with van der Waals surface area (Å²) in [6.45, 7) is 2.12. The number of hydrogen-bond donors (Lipinski definition) is 0. The van der Waals surface area contributed by atoms with Crippen LogP contribution in [0, 0.1) is 11.3 Å². The van der Waals surface area contributed by atoms with Crippen LogP contribution in [0.25, 0.3) is 5.69 Å². The first-order valence-corrected chi connectivity index (χ1v) is 5.24.